The largest absolute Gasteiger partial charge is 0.339 e. The summed E-state index contributed by atoms with van der Waals surface area (Å²) in [6.07, 6.45) is 5.41. The van der Waals surface area contributed by atoms with E-state index >= 15 is 0 Å². The van der Waals surface area contributed by atoms with Gasteiger partial charge in [-0.05, 0) is 26.3 Å². The molecule has 2 N–H and O–H groups in total. The number of rotatable bonds is 3. The number of nitrogens with zero attached hydrogens (tertiary/aromatic N) is 2. The van der Waals surface area contributed by atoms with Crippen LogP contribution in [0.3, 0.4) is 0 Å². The van der Waals surface area contributed by atoms with Gasteiger partial charge in [0.05, 0.1) is 5.41 Å². The third-order valence-electron chi connectivity index (χ3n) is 4.94. The smallest absolute Gasteiger partial charge is 0.230 e. The molecule has 2 aliphatic rings. The Morgan fingerprint density at radius 2 is 2.00 bits per heavy atom. The Kier molecular flexibility index (Phi) is 4.28. The molecule has 1 aliphatic heterocycles. The summed E-state index contributed by atoms with van der Waals surface area (Å²) in [6, 6.07) is 0.513. The van der Waals surface area contributed by atoms with Crippen molar-refractivity contribution in [3.8, 4) is 0 Å². The van der Waals surface area contributed by atoms with Crippen molar-refractivity contribution in [2.24, 2.45) is 11.1 Å². The van der Waals surface area contributed by atoms with Crippen LogP contribution in [0.4, 0.5) is 0 Å². The second-order valence-electron chi connectivity index (χ2n) is 5.99. The molecular weight excluding hydrogens is 226 g/mol. The van der Waals surface area contributed by atoms with Crippen molar-refractivity contribution in [1.29, 1.82) is 0 Å². The Labute approximate surface area is 110 Å². The average Bonchev–Trinajstić information content (AvgIpc) is 2.88. The molecule has 104 valence electrons. The summed E-state index contributed by atoms with van der Waals surface area (Å²) in [6.45, 7) is 5.46. The maximum atomic E-state index is 12.7. The molecule has 0 bridgehead atoms. The van der Waals surface area contributed by atoms with Crippen molar-refractivity contribution in [3.63, 3.8) is 0 Å². The molecule has 1 unspecified atom stereocenters. The molecular formula is C14H27N3O. The van der Waals surface area contributed by atoms with Crippen molar-refractivity contribution < 1.29 is 4.79 Å². The summed E-state index contributed by atoms with van der Waals surface area (Å²) in [5.74, 6) is 0.328. The number of piperazine rings is 1. The lowest BCUT2D eigenvalue weighted by Crippen LogP contribution is -2.57. The quantitative estimate of drug-likeness (QED) is 0.818. The van der Waals surface area contributed by atoms with Gasteiger partial charge in [-0.15, -0.1) is 0 Å². The van der Waals surface area contributed by atoms with Crippen LogP contribution in [-0.4, -0.2) is 55.0 Å². The first-order valence-corrected chi connectivity index (χ1v) is 7.32. The molecule has 1 aliphatic carbocycles. The average molecular weight is 253 g/mol. The van der Waals surface area contributed by atoms with E-state index in [1.165, 1.54) is 0 Å². The topological polar surface area (TPSA) is 49.6 Å². The fourth-order valence-electron chi connectivity index (χ4n) is 3.46. The van der Waals surface area contributed by atoms with Crippen molar-refractivity contribution >= 4 is 5.91 Å². The molecule has 0 radical (unpaired) electrons. The summed E-state index contributed by atoms with van der Waals surface area (Å²) in [5.41, 5.74) is 5.68. The lowest BCUT2D eigenvalue weighted by atomic mass is 9.84. The van der Waals surface area contributed by atoms with E-state index in [0.29, 0.717) is 18.5 Å². The minimum atomic E-state index is -0.228. The Bertz CT molecular complexity index is 299. The number of hydrogen-bond donors (Lipinski definition) is 1. The highest BCUT2D eigenvalue weighted by Crippen LogP contribution is 2.39. The van der Waals surface area contributed by atoms with Crippen LogP contribution in [0.1, 0.15) is 39.0 Å². The Morgan fingerprint density at radius 3 is 2.56 bits per heavy atom. The standard InChI is InChI=1S/C14H27N3O/c1-3-12-10-17(9-8-16(12)2)13(18)14(11-15)6-4-5-7-14/h12H,3-11,15H2,1-2H3. The van der Waals surface area contributed by atoms with E-state index in [-0.39, 0.29) is 5.41 Å². The monoisotopic (exact) mass is 253 g/mol. The number of carbonyl (C=O) groups is 1. The zero-order chi connectivity index (χ0) is 13.2. The molecule has 1 saturated carbocycles. The lowest BCUT2D eigenvalue weighted by molar-refractivity contribution is -0.144. The second kappa shape index (κ2) is 5.57. The van der Waals surface area contributed by atoms with Crippen LogP contribution in [0, 0.1) is 5.41 Å². The minimum Gasteiger partial charge on any atom is -0.339 e. The van der Waals surface area contributed by atoms with Crippen molar-refractivity contribution in [2.45, 2.75) is 45.1 Å². The Balaban J connectivity index is 2.04. The summed E-state index contributed by atoms with van der Waals surface area (Å²) in [7, 11) is 2.16. The first-order valence-electron chi connectivity index (χ1n) is 7.32. The number of carbonyl (C=O) groups excluding carboxylic acids is 1. The summed E-state index contributed by atoms with van der Waals surface area (Å²) >= 11 is 0. The zero-order valence-electron chi connectivity index (χ0n) is 11.8. The second-order valence-corrected chi connectivity index (χ2v) is 5.99. The van der Waals surface area contributed by atoms with E-state index in [9.17, 15) is 4.79 Å². The van der Waals surface area contributed by atoms with Crippen LogP contribution >= 0.6 is 0 Å². The van der Waals surface area contributed by atoms with Crippen molar-refractivity contribution in [3.05, 3.63) is 0 Å². The fourth-order valence-corrected chi connectivity index (χ4v) is 3.46. The van der Waals surface area contributed by atoms with Gasteiger partial charge >= 0.3 is 0 Å². The van der Waals surface area contributed by atoms with Crippen molar-refractivity contribution in [2.75, 3.05) is 33.2 Å². The minimum absolute atomic E-state index is 0.228. The summed E-state index contributed by atoms with van der Waals surface area (Å²) < 4.78 is 0. The Hall–Kier alpha value is -0.610. The van der Waals surface area contributed by atoms with Gasteiger partial charge in [0, 0.05) is 32.2 Å². The van der Waals surface area contributed by atoms with Gasteiger partial charge in [-0.2, -0.15) is 0 Å². The first-order chi connectivity index (χ1) is 8.63. The van der Waals surface area contributed by atoms with Gasteiger partial charge in [-0.1, -0.05) is 19.8 Å². The van der Waals surface area contributed by atoms with Crippen LogP contribution in [0.2, 0.25) is 0 Å². The van der Waals surface area contributed by atoms with E-state index < -0.39 is 0 Å². The third-order valence-corrected chi connectivity index (χ3v) is 4.94. The predicted octanol–water partition coefficient (Wildman–Crippen LogP) is 1.06. The Morgan fingerprint density at radius 1 is 1.33 bits per heavy atom. The summed E-state index contributed by atoms with van der Waals surface area (Å²) in [4.78, 5) is 17.2. The highest BCUT2D eigenvalue weighted by atomic mass is 16.2. The van der Waals surface area contributed by atoms with Crippen LogP contribution < -0.4 is 5.73 Å². The molecule has 4 nitrogen and oxygen atoms in total. The molecule has 0 aromatic rings. The maximum absolute atomic E-state index is 12.7. The first kappa shape index (κ1) is 13.8. The van der Waals surface area contributed by atoms with Crippen LogP contribution in [0.15, 0.2) is 0 Å². The van der Waals surface area contributed by atoms with Gasteiger partial charge in [0.2, 0.25) is 5.91 Å². The van der Waals surface area contributed by atoms with Gasteiger partial charge in [0.25, 0.3) is 0 Å². The SMILES string of the molecule is CCC1CN(C(=O)C2(CN)CCCC2)CCN1C. The number of hydrogen-bond acceptors (Lipinski definition) is 3. The van der Waals surface area contributed by atoms with E-state index in [2.05, 4.69) is 23.8 Å². The lowest BCUT2D eigenvalue weighted by Gasteiger charge is -2.42. The fraction of sp³-hybridized carbons (Fsp3) is 0.929. The van der Waals surface area contributed by atoms with Gasteiger partial charge in [-0.3, -0.25) is 9.69 Å². The molecule has 4 heteroatoms. The molecule has 0 aromatic heterocycles. The van der Waals surface area contributed by atoms with E-state index in [0.717, 1.165) is 51.7 Å². The molecule has 2 fully saturated rings. The normalized spacial score (nSPS) is 28.6. The predicted molar refractivity (Wildman–Crippen MR) is 73.2 cm³/mol. The highest BCUT2D eigenvalue weighted by Gasteiger charge is 2.43. The molecule has 1 amide bonds. The molecule has 1 heterocycles. The maximum Gasteiger partial charge on any atom is 0.230 e. The number of likely N-dealkylation sites (N-methyl/N-ethyl adjacent to an activating group) is 1. The molecule has 0 aromatic carbocycles. The van der Waals surface area contributed by atoms with E-state index in [1.54, 1.807) is 0 Å². The third kappa shape index (κ3) is 2.41. The molecule has 18 heavy (non-hydrogen) atoms. The highest BCUT2D eigenvalue weighted by molar-refractivity contribution is 5.83. The zero-order valence-corrected chi connectivity index (χ0v) is 11.8. The molecule has 0 spiro atoms. The number of nitrogens with two attached hydrogens (primary N) is 1. The molecule has 1 atom stereocenters. The molecule has 2 rings (SSSR count). The molecule has 1 saturated heterocycles. The van der Waals surface area contributed by atoms with Gasteiger partial charge in [0.1, 0.15) is 0 Å². The van der Waals surface area contributed by atoms with Crippen LogP contribution in [-0.2, 0) is 4.79 Å². The van der Waals surface area contributed by atoms with Gasteiger partial charge in [-0.25, -0.2) is 0 Å². The van der Waals surface area contributed by atoms with Crippen LogP contribution in [0.25, 0.3) is 0 Å². The van der Waals surface area contributed by atoms with Crippen molar-refractivity contribution in [1.82, 2.24) is 9.80 Å². The number of amides is 1. The van der Waals surface area contributed by atoms with E-state index in [1.807, 2.05) is 0 Å². The summed E-state index contributed by atoms with van der Waals surface area (Å²) in [5, 5.41) is 0. The van der Waals surface area contributed by atoms with Crippen LogP contribution in [0.5, 0.6) is 0 Å². The van der Waals surface area contributed by atoms with Gasteiger partial charge < -0.3 is 10.6 Å². The van der Waals surface area contributed by atoms with Gasteiger partial charge in [0.15, 0.2) is 0 Å². The van der Waals surface area contributed by atoms with E-state index in [4.69, 9.17) is 5.73 Å².